The van der Waals surface area contributed by atoms with Gasteiger partial charge < -0.3 is 10.4 Å². The standard InChI is InChI=1S/C21H21ClFN5/c22-14-7-8-24-20-16-11-26-28-19(21(16)27-18(20)9-14)13-3-1-12(2-4-13)17-6-5-15(23)10-25-17/h5-7,9-10,12-13,26-27H,1-4,8,11H2. The largest absolute Gasteiger partial charge is 0.352 e. The quantitative estimate of drug-likeness (QED) is 0.818. The maximum absolute atomic E-state index is 13.1. The lowest BCUT2D eigenvalue weighted by Gasteiger charge is -2.30. The minimum atomic E-state index is -0.281. The topological polar surface area (TPSA) is 65.4 Å². The van der Waals surface area contributed by atoms with Crippen molar-refractivity contribution in [1.82, 2.24) is 15.4 Å². The predicted octanol–water partition coefficient (Wildman–Crippen LogP) is 2.87. The Labute approximate surface area is 167 Å². The predicted molar refractivity (Wildman–Crippen MR) is 107 cm³/mol. The molecular formula is C21H21ClFN5. The maximum atomic E-state index is 13.1. The number of allylic oxidation sites excluding steroid dienone is 1. The number of aromatic nitrogens is 2. The Balaban J connectivity index is 1.39. The number of nitrogens with zero attached hydrogens (tertiary/aromatic N) is 3. The van der Waals surface area contributed by atoms with E-state index in [1.807, 2.05) is 18.2 Å². The first-order valence-electron chi connectivity index (χ1n) is 9.74. The van der Waals surface area contributed by atoms with E-state index in [1.54, 1.807) is 0 Å². The van der Waals surface area contributed by atoms with Crippen LogP contribution >= 0.6 is 11.6 Å². The molecular weight excluding hydrogens is 377 g/mol. The number of H-pyrrole nitrogens is 1. The summed E-state index contributed by atoms with van der Waals surface area (Å²) in [6.07, 6.45) is 9.31. The number of hydrogen-bond donors (Lipinski definition) is 2. The molecule has 1 fully saturated rings. The van der Waals surface area contributed by atoms with Gasteiger partial charge in [-0.1, -0.05) is 11.6 Å². The van der Waals surface area contributed by atoms with Crippen LogP contribution < -0.4 is 16.1 Å². The number of hydrazone groups is 1. The second kappa shape index (κ2) is 7.17. The van der Waals surface area contributed by atoms with Gasteiger partial charge in [0.25, 0.3) is 0 Å². The van der Waals surface area contributed by atoms with Crippen LogP contribution in [0, 0.1) is 11.7 Å². The molecule has 0 spiro atoms. The van der Waals surface area contributed by atoms with Crippen molar-refractivity contribution in [3.63, 3.8) is 0 Å². The Morgan fingerprint density at radius 1 is 1.11 bits per heavy atom. The van der Waals surface area contributed by atoms with Crippen molar-refractivity contribution in [2.75, 3.05) is 6.54 Å². The molecule has 7 heteroatoms. The molecule has 28 heavy (non-hydrogen) atoms. The average molecular weight is 398 g/mol. The zero-order valence-corrected chi connectivity index (χ0v) is 16.1. The number of halogens is 2. The fourth-order valence-electron chi connectivity index (χ4n) is 4.49. The summed E-state index contributed by atoms with van der Waals surface area (Å²) < 4.78 is 13.1. The molecule has 2 aliphatic heterocycles. The molecule has 0 amide bonds. The van der Waals surface area contributed by atoms with Crippen molar-refractivity contribution in [3.05, 3.63) is 62.9 Å². The van der Waals surface area contributed by atoms with E-state index in [0.29, 0.717) is 30.0 Å². The molecule has 3 aliphatic rings. The van der Waals surface area contributed by atoms with Gasteiger partial charge in [0.15, 0.2) is 0 Å². The lowest BCUT2D eigenvalue weighted by molar-refractivity contribution is 0.384. The molecule has 2 aromatic heterocycles. The molecule has 0 atom stereocenters. The molecule has 0 bridgehead atoms. The highest BCUT2D eigenvalue weighted by Crippen LogP contribution is 2.37. The number of aromatic amines is 1. The van der Waals surface area contributed by atoms with E-state index in [1.165, 1.54) is 17.8 Å². The van der Waals surface area contributed by atoms with Gasteiger partial charge in [-0.05, 0) is 50.0 Å². The highest BCUT2D eigenvalue weighted by Gasteiger charge is 2.31. The van der Waals surface area contributed by atoms with Crippen molar-refractivity contribution in [2.45, 2.75) is 38.1 Å². The summed E-state index contributed by atoms with van der Waals surface area (Å²) in [4.78, 5) is 12.5. The van der Waals surface area contributed by atoms with Crippen LogP contribution in [0.4, 0.5) is 4.39 Å². The SMILES string of the molecule is Fc1ccc(C2CCC(C3=NNCc4c3[nH]c3c4=NCC=C(Cl)C=3)CC2)nc1. The summed E-state index contributed by atoms with van der Waals surface area (Å²) in [5.74, 6) is 0.494. The zero-order chi connectivity index (χ0) is 19.1. The van der Waals surface area contributed by atoms with Crippen LogP contribution in [0.1, 0.15) is 48.6 Å². The Morgan fingerprint density at radius 2 is 1.93 bits per heavy atom. The first-order chi connectivity index (χ1) is 13.7. The molecule has 1 saturated carbocycles. The van der Waals surface area contributed by atoms with Crippen LogP contribution in [0.25, 0.3) is 6.08 Å². The van der Waals surface area contributed by atoms with Gasteiger partial charge in [-0.2, -0.15) is 5.10 Å². The normalized spacial score (nSPS) is 23.8. The number of fused-ring (bicyclic) bond motifs is 3. The van der Waals surface area contributed by atoms with Crippen molar-refractivity contribution in [3.8, 4) is 0 Å². The fourth-order valence-corrected chi connectivity index (χ4v) is 4.67. The van der Waals surface area contributed by atoms with Gasteiger partial charge >= 0.3 is 0 Å². The van der Waals surface area contributed by atoms with E-state index in [0.717, 1.165) is 53.5 Å². The van der Waals surface area contributed by atoms with Crippen LogP contribution in [-0.2, 0) is 6.54 Å². The summed E-state index contributed by atoms with van der Waals surface area (Å²) in [5.41, 5.74) is 7.55. The molecule has 144 valence electrons. The van der Waals surface area contributed by atoms with Gasteiger partial charge in [-0.25, -0.2) is 4.39 Å². The van der Waals surface area contributed by atoms with E-state index >= 15 is 0 Å². The molecule has 2 N–H and O–H groups in total. The van der Waals surface area contributed by atoms with Crippen LogP contribution in [0.5, 0.6) is 0 Å². The van der Waals surface area contributed by atoms with Crippen molar-refractivity contribution >= 4 is 23.4 Å². The number of nitrogens with one attached hydrogen (secondary N) is 2. The molecule has 2 aromatic rings. The smallest absolute Gasteiger partial charge is 0.141 e. The molecule has 0 unspecified atom stereocenters. The lowest BCUT2D eigenvalue weighted by atomic mass is 9.77. The third kappa shape index (κ3) is 3.15. The summed E-state index contributed by atoms with van der Waals surface area (Å²) in [7, 11) is 0. The Bertz CT molecular complexity index is 1080. The summed E-state index contributed by atoms with van der Waals surface area (Å²) in [6.45, 7) is 1.27. The average Bonchev–Trinajstić information content (AvgIpc) is 2.95. The molecule has 4 heterocycles. The van der Waals surface area contributed by atoms with Gasteiger partial charge in [0, 0.05) is 28.1 Å². The third-order valence-electron chi connectivity index (χ3n) is 5.91. The Kier molecular flexibility index (Phi) is 4.51. The van der Waals surface area contributed by atoms with Crippen molar-refractivity contribution in [2.24, 2.45) is 16.0 Å². The Morgan fingerprint density at radius 3 is 2.71 bits per heavy atom. The van der Waals surface area contributed by atoms with Gasteiger partial charge in [0.1, 0.15) is 5.82 Å². The number of rotatable bonds is 2. The molecule has 1 aliphatic carbocycles. The fraction of sp³-hybridized carbons (Fsp3) is 0.381. The minimum absolute atomic E-state index is 0.281. The van der Waals surface area contributed by atoms with E-state index in [9.17, 15) is 4.39 Å². The molecule has 0 saturated heterocycles. The third-order valence-corrected chi connectivity index (χ3v) is 6.18. The summed E-state index contributed by atoms with van der Waals surface area (Å²) in [6, 6.07) is 3.32. The second-order valence-electron chi connectivity index (χ2n) is 7.60. The van der Waals surface area contributed by atoms with Gasteiger partial charge in [-0.3, -0.25) is 9.98 Å². The Hall–Kier alpha value is -2.47. The van der Waals surface area contributed by atoms with Crippen LogP contribution in [0.2, 0.25) is 0 Å². The van der Waals surface area contributed by atoms with Crippen LogP contribution in [-0.4, -0.2) is 22.2 Å². The second-order valence-corrected chi connectivity index (χ2v) is 8.03. The first-order valence-corrected chi connectivity index (χ1v) is 10.1. The number of pyridine rings is 1. The van der Waals surface area contributed by atoms with Crippen molar-refractivity contribution in [1.29, 1.82) is 0 Å². The van der Waals surface area contributed by atoms with Crippen LogP contribution in [0.15, 0.2) is 39.5 Å². The highest BCUT2D eigenvalue weighted by molar-refractivity contribution is 6.34. The molecule has 5 rings (SSSR count). The summed E-state index contributed by atoms with van der Waals surface area (Å²) >= 11 is 6.23. The summed E-state index contributed by atoms with van der Waals surface area (Å²) in [5, 5.41) is 7.32. The van der Waals surface area contributed by atoms with E-state index < -0.39 is 0 Å². The van der Waals surface area contributed by atoms with E-state index in [2.05, 4.69) is 20.5 Å². The lowest BCUT2D eigenvalue weighted by Crippen LogP contribution is -2.31. The molecule has 5 nitrogen and oxygen atoms in total. The van der Waals surface area contributed by atoms with Crippen molar-refractivity contribution < 1.29 is 4.39 Å². The van der Waals surface area contributed by atoms with Gasteiger partial charge in [0.2, 0.25) is 0 Å². The van der Waals surface area contributed by atoms with E-state index in [4.69, 9.17) is 16.6 Å². The first kappa shape index (κ1) is 17.6. The monoisotopic (exact) mass is 397 g/mol. The highest BCUT2D eigenvalue weighted by atomic mass is 35.5. The zero-order valence-electron chi connectivity index (χ0n) is 15.4. The van der Waals surface area contributed by atoms with Gasteiger partial charge in [0.05, 0.1) is 41.4 Å². The van der Waals surface area contributed by atoms with E-state index in [-0.39, 0.29) is 5.82 Å². The molecule has 0 aromatic carbocycles. The van der Waals surface area contributed by atoms with Gasteiger partial charge in [-0.15, -0.1) is 0 Å². The number of hydrogen-bond acceptors (Lipinski definition) is 4. The minimum Gasteiger partial charge on any atom is -0.352 e. The van der Waals surface area contributed by atoms with Crippen LogP contribution in [0.3, 0.4) is 0 Å². The molecule has 0 radical (unpaired) electrons. The maximum Gasteiger partial charge on any atom is 0.141 e.